The molecule has 1 aliphatic rings. The number of nitrogens with zero attached hydrogens (tertiary/aromatic N) is 2. The van der Waals surface area contributed by atoms with E-state index >= 15 is 0 Å². The first-order chi connectivity index (χ1) is 11.8. The minimum atomic E-state index is -0.498. The van der Waals surface area contributed by atoms with E-state index in [0.717, 1.165) is 46.8 Å². The van der Waals surface area contributed by atoms with Crippen molar-refractivity contribution in [3.63, 3.8) is 0 Å². The van der Waals surface area contributed by atoms with E-state index in [1.54, 1.807) is 0 Å². The van der Waals surface area contributed by atoms with Gasteiger partial charge >= 0.3 is 0 Å². The van der Waals surface area contributed by atoms with Gasteiger partial charge in [0.05, 0.1) is 16.6 Å². The summed E-state index contributed by atoms with van der Waals surface area (Å²) in [5.41, 5.74) is 0.467. The van der Waals surface area contributed by atoms with Gasteiger partial charge in [0.1, 0.15) is 5.82 Å². The molecule has 0 aliphatic carbocycles. The first-order valence-electron chi connectivity index (χ1n) is 8.55. The van der Waals surface area contributed by atoms with Crippen molar-refractivity contribution in [1.82, 2.24) is 9.78 Å². The largest absolute Gasteiger partial charge is 0.381 e. The van der Waals surface area contributed by atoms with Crippen LogP contribution in [0.4, 0.5) is 5.82 Å². The molecule has 0 amide bonds. The van der Waals surface area contributed by atoms with E-state index in [2.05, 4.69) is 10.4 Å². The molecule has 1 fully saturated rings. The number of thiophene rings is 1. The molecule has 0 saturated carbocycles. The molecule has 0 spiro atoms. The van der Waals surface area contributed by atoms with Gasteiger partial charge in [-0.1, -0.05) is 32.4 Å². The summed E-state index contributed by atoms with van der Waals surface area (Å²) in [6, 6.07) is 5.88. The molecular weight excluding hydrogens is 358 g/mol. The summed E-state index contributed by atoms with van der Waals surface area (Å²) in [4.78, 5) is 13.9. The first-order valence-corrected chi connectivity index (χ1v) is 9.74. The van der Waals surface area contributed by atoms with Gasteiger partial charge in [0.15, 0.2) is 0 Å². The number of anilines is 1. The topological polar surface area (TPSA) is 56.2 Å². The Bertz CT molecular complexity index is 742. The van der Waals surface area contributed by atoms with Crippen molar-refractivity contribution in [2.75, 3.05) is 18.5 Å². The van der Waals surface area contributed by atoms with Crippen molar-refractivity contribution < 1.29 is 9.53 Å². The number of aromatic nitrogens is 2. The number of carbonyl (C=O) groups excluding carboxylic acids is 1. The van der Waals surface area contributed by atoms with Crippen LogP contribution in [0.15, 0.2) is 18.2 Å². The molecule has 1 N–H and O–H groups in total. The second-order valence-electron chi connectivity index (χ2n) is 7.37. The van der Waals surface area contributed by atoms with Crippen molar-refractivity contribution in [2.24, 2.45) is 5.41 Å². The second kappa shape index (κ2) is 7.48. The van der Waals surface area contributed by atoms with Crippen LogP contribution in [0.5, 0.6) is 0 Å². The lowest BCUT2D eigenvalue weighted by Crippen LogP contribution is -2.29. The quantitative estimate of drug-likeness (QED) is 0.827. The van der Waals surface area contributed by atoms with Crippen LogP contribution >= 0.6 is 22.9 Å². The fourth-order valence-corrected chi connectivity index (χ4v) is 3.84. The summed E-state index contributed by atoms with van der Waals surface area (Å²) in [7, 11) is 0. The molecule has 1 aliphatic heterocycles. The zero-order chi connectivity index (χ0) is 18.0. The van der Waals surface area contributed by atoms with Gasteiger partial charge in [-0.15, -0.1) is 11.3 Å². The molecule has 136 valence electrons. The highest BCUT2D eigenvalue weighted by Crippen LogP contribution is 2.30. The van der Waals surface area contributed by atoms with Crippen LogP contribution in [0.3, 0.4) is 0 Å². The van der Waals surface area contributed by atoms with Crippen molar-refractivity contribution in [3.8, 4) is 0 Å². The van der Waals surface area contributed by atoms with Gasteiger partial charge < -0.3 is 10.1 Å². The fourth-order valence-electron chi connectivity index (χ4n) is 2.82. The number of ether oxygens (including phenoxy) is 1. The van der Waals surface area contributed by atoms with Crippen LogP contribution in [0.1, 0.15) is 54.9 Å². The molecule has 1 saturated heterocycles. The van der Waals surface area contributed by atoms with Crippen LogP contribution in [0.25, 0.3) is 0 Å². The summed E-state index contributed by atoms with van der Waals surface area (Å²) in [6.07, 6.45) is 1.89. The SMILES string of the molecule is CC(C)(C)C(=O)n1nc(C2CCOCC2)cc1NCc1ccc(Cl)s1. The summed E-state index contributed by atoms with van der Waals surface area (Å²) < 4.78 is 7.73. The molecule has 7 heteroatoms. The fraction of sp³-hybridized carbons (Fsp3) is 0.556. The van der Waals surface area contributed by atoms with E-state index in [1.165, 1.54) is 16.0 Å². The van der Waals surface area contributed by atoms with E-state index in [-0.39, 0.29) is 5.91 Å². The van der Waals surface area contributed by atoms with Crippen LogP contribution in [0, 0.1) is 5.41 Å². The minimum absolute atomic E-state index is 0.0162. The Hall–Kier alpha value is -1.37. The normalized spacial score (nSPS) is 16.2. The lowest BCUT2D eigenvalue weighted by molar-refractivity contribution is 0.0746. The summed E-state index contributed by atoms with van der Waals surface area (Å²) in [6.45, 7) is 7.85. The number of hydrogen-bond donors (Lipinski definition) is 1. The molecule has 2 aromatic heterocycles. The van der Waals surface area contributed by atoms with E-state index < -0.39 is 5.41 Å². The van der Waals surface area contributed by atoms with Gasteiger partial charge in [-0.25, -0.2) is 0 Å². The third kappa shape index (κ3) is 4.43. The molecule has 3 heterocycles. The van der Waals surface area contributed by atoms with Gasteiger partial charge in [0.2, 0.25) is 0 Å². The monoisotopic (exact) mass is 381 g/mol. The van der Waals surface area contributed by atoms with Crippen molar-refractivity contribution >= 4 is 34.7 Å². The smallest absolute Gasteiger partial charge is 0.254 e. The first kappa shape index (κ1) is 18.4. The van der Waals surface area contributed by atoms with Gasteiger partial charge in [0, 0.05) is 35.5 Å². The van der Waals surface area contributed by atoms with Gasteiger partial charge in [-0.3, -0.25) is 4.79 Å². The number of carbonyl (C=O) groups is 1. The van der Waals surface area contributed by atoms with Crippen LogP contribution in [-0.4, -0.2) is 28.9 Å². The van der Waals surface area contributed by atoms with Gasteiger partial charge in [-0.05, 0) is 25.0 Å². The average Bonchev–Trinajstić information content (AvgIpc) is 3.18. The predicted molar refractivity (Wildman–Crippen MR) is 102 cm³/mol. The zero-order valence-electron chi connectivity index (χ0n) is 14.8. The molecule has 0 aromatic carbocycles. The second-order valence-corrected chi connectivity index (χ2v) is 9.17. The highest BCUT2D eigenvalue weighted by molar-refractivity contribution is 7.16. The van der Waals surface area contributed by atoms with E-state index in [1.807, 2.05) is 39.0 Å². The molecule has 3 rings (SSSR count). The van der Waals surface area contributed by atoms with Gasteiger partial charge in [-0.2, -0.15) is 9.78 Å². The highest BCUT2D eigenvalue weighted by Gasteiger charge is 2.28. The molecular formula is C18H24ClN3O2S. The van der Waals surface area contributed by atoms with E-state index in [4.69, 9.17) is 16.3 Å². The van der Waals surface area contributed by atoms with Crippen LogP contribution in [-0.2, 0) is 11.3 Å². The lowest BCUT2D eigenvalue weighted by atomic mass is 9.96. The molecule has 0 atom stereocenters. The number of hydrogen-bond acceptors (Lipinski definition) is 5. The van der Waals surface area contributed by atoms with Crippen molar-refractivity contribution in [3.05, 3.63) is 33.1 Å². The Morgan fingerprint density at radius 3 is 2.72 bits per heavy atom. The highest BCUT2D eigenvalue weighted by atomic mass is 35.5. The standard InChI is InChI=1S/C18H24ClN3O2S/c1-18(2,3)17(23)22-16(20-11-13-4-5-15(19)25-13)10-14(21-22)12-6-8-24-9-7-12/h4-5,10,12,20H,6-9,11H2,1-3H3. The Morgan fingerprint density at radius 2 is 2.12 bits per heavy atom. The molecule has 0 bridgehead atoms. The predicted octanol–water partition coefficient (Wildman–Crippen LogP) is 4.79. The third-order valence-corrected chi connectivity index (χ3v) is 5.51. The third-order valence-electron chi connectivity index (χ3n) is 4.27. The maximum Gasteiger partial charge on any atom is 0.254 e. The Balaban J connectivity index is 1.85. The number of halogens is 1. The van der Waals surface area contributed by atoms with Crippen molar-refractivity contribution in [2.45, 2.75) is 46.1 Å². The maximum absolute atomic E-state index is 12.8. The van der Waals surface area contributed by atoms with E-state index in [9.17, 15) is 4.79 Å². The number of rotatable bonds is 4. The van der Waals surface area contributed by atoms with Crippen LogP contribution in [0.2, 0.25) is 4.34 Å². The molecule has 5 nitrogen and oxygen atoms in total. The average molecular weight is 382 g/mol. The van der Waals surface area contributed by atoms with Crippen LogP contribution < -0.4 is 5.32 Å². The minimum Gasteiger partial charge on any atom is -0.381 e. The molecule has 25 heavy (non-hydrogen) atoms. The lowest BCUT2D eigenvalue weighted by Gasteiger charge is -2.20. The molecule has 0 unspecified atom stereocenters. The summed E-state index contributed by atoms with van der Waals surface area (Å²) >= 11 is 7.53. The molecule has 0 radical (unpaired) electrons. The Labute approximate surface area is 157 Å². The van der Waals surface area contributed by atoms with Crippen molar-refractivity contribution in [1.29, 1.82) is 0 Å². The number of nitrogens with one attached hydrogen (secondary N) is 1. The van der Waals surface area contributed by atoms with Gasteiger partial charge in [0.25, 0.3) is 5.91 Å². The Morgan fingerprint density at radius 1 is 1.40 bits per heavy atom. The Kier molecular flexibility index (Phi) is 5.51. The maximum atomic E-state index is 12.8. The zero-order valence-corrected chi connectivity index (χ0v) is 16.4. The summed E-state index contributed by atoms with van der Waals surface area (Å²) in [5.74, 6) is 1.07. The van der Waals surface area contributed by atoms with E-state index in [0.29, 0.717) is 12.5 Å². The molecule has 2 aromatic rings. The summed E-state index contributed by atoms with van der Waals surface area (Å²) in [5, 5.41) is 8.00.